The smallest absolute Gasteiger partial charge is 0.220 e. The molecule has 1 aliphatic rings. The zero-order chi connectivity index (χ0) is 14.2. The molecule has 0 aliphatic carbocycles. The Labute approximate surface area is 135 Å². The lowest BCUT2D eigenvalue weighted by molar-refractivity contribution is -0.122. The van der Waals surface area contributed by atoms with Crippen molar-refractivity contribution in [3.8, 4) is 0 Å². The van der Waals surface area contributed by atoms with Gasteiger partial charge < -0.3 is 10.6 Å². The van der Waals surface area contributed by atoms with E-state index in [0.29, 0.717) is 12.5 Å². The van der Waals surface area contributed by atoms with Crippen LogP contribution in [0.4, 0.5) is 0 Å². The zero-order valence-electron chi connectivity index (χ0n) is 11.8. The van der Waals surface area contributed by atoms with Gasteiger partial charge in [0.05, 0.1) is 0 Å². The van der Waals surface area contributed by atoms with Crippen molar-refractivity contribution in [1.29, 1.82) is 0 Å². The topological polar surface area (TPSA) is 41.1 Å². The number of hydrogen-bond donors (Lipinski definition) is 2. The summed E-state index contributed by atoms with van der Waals surface area (Å²) in [7, 11) is 0. The Morgan fingerprint density at radius 2 is 1.90 bits per heavy atom. The van der Waals surface area contributed by atoms with Gasteiger partial charge in [-0.15, -0.1) is 0 Å². The van der Waals surface area contributed by atoms with E-state index in [1.165, 1.54) is 9.13 Å². The fourth-order valence-corrected chi connectivity index (χ4v) is 2.89. The summed E-state index contributed by atoms with van der Waals surface area (Å²) in [4.78, 5) is 11.8. The molecule has 3 nitrogen and oxygen atoms in total. The third-order valence-corrected chi connectivity index (χ3v) is 4.46. The molecule has 20 heavy (non-hydrogen) atoms. The van der Waals surface area contributed by atoms with E-state index in [-0.39, 0.29) is 5.91 Å². The van der Waals surface area contributed by atoms with Crippen molar-refractivity contribution in [3.05, 3.63) is 33.4 Å². The maximum absolute atomic E-state index is 11.8. The molecule has 2 rings (SSSR count). The second-order valence-electron chi connectivity index (χ2n) is 5.43. The Morgan fingerprint density at radius 3 is 2.60 bits per heavy atom. The highest BCUT2D eigenvalue weighted by molar-refractivity contribution is 14.1. The van der Waals surface area contributed by atoms with E-state index >= 15 is 0 Å². The van der Waals surface area contributed by atoms with Gasteiger partial charge in [-0.25, -0.2) is 0 Å². The van der Waals surface area contributed by atoms with E-state index < -0.39 is 0 Å². The number of rotatable bonds is 6. The summed E-state index contributed by atoms with van der Waals surface area (Å²) in [6.07, 6.45) is 5.91. The van der Waals surface area contributed by atoms with E-state index in [1.54, 1.807) is 0 Å². The maximum Gasteiger partial charge on any atom is 0.220 e. The van der Waals surface area contributed by atoms with Crippen molar-refractivity contribution in [2.45, 2.75) is 44.6 Å². The molecule has 1 aromatic rings. The molecule has 1 aliphatic heterocycles. The number of piperidine rings is 1. The first-order valence-corrected chi connectivity index (χ1v) is 8.56. The monoisotopic (exact) mass is 386 g/mol. The summed E-state index contributed by atoms with van der Waals surface area (Å²) in [5.41, 5.74) is 1.36. The number of aryl methyl sites for hydroxylation is 1. The molecule has 1 heterocycles. The van der Waals surface area contributed by atoms with Crippen LogP contribution in [-0.2, 0) is 11.2 Å². The molecule has 1 amide bonds. The quantitative estimate of drug-likeness (QED) is 0.583. The van der Waals surface area contributed by atoms with Crippen LogP contribution >= 0.6 is 22.6 Å². The molecule has 0 radical (unpaired) electrons. The fourth-order valence-electron chi connectivity index (χ4n) is 2.53. The van der Waals surface area contributed by atoms with Gasteiger partial charge in [0.15, 0.2) is 0 Å². The van der Waals surface area contributed by atoms with E-state index in [2.05, 4.69) is 57.5 Å². The minimum absolute atomic E-state index is 0.222. The van der Waals surface area contributed by atoms with Crippen molar-refractivity contribution in [2.75, 3.05) is 13.1 Å². The number of nitrogens with one attached hydrogen (secondary N) is 2. The Morgan fingerprint density at radius 1 is 1.20 bits per heavy atom. The van der Waals surface area contributed by atoms with Crippen LogP contribution in [0.5, 0.6) is 0 Å². The van der Waals surface area contributed by atoms with E-state index in [9.17, 15) is 4.79 Å². The average molecular weight is 386 g/mol. The lowest BCUT2D eigenvalue weighted by atomic mass is 10.1. The molecule has 1 aromatic carbocycles. The largest absolute Gasteiger partial charge is 0.353 e. The highest BCUT2D eigenvalue weighted by atomic mass is 127. The average Bonchev–Trinajstić information content (AvgIpc) is 2.46. The summed E-state index contributed by atoms with van der Waals surface area (Å²) in [5.74, 6) is 0.222. The molecule has 0 atom stereocenters. The molecule has 0 spiro atoms. The third kappa shape index (κ3) is 5.79. The van der Waals surface area contributed by atoms with Crippen molar-refractivity contribution < 1.29 is 4.79 Å². The van der Waals surface area contributed by atoms with Crippen molar-refractivity contribution in [3.63, 3.8) is 0 Å². The first-order chi connectivity index (χ1) is 9.74. The second-order valence-corrected chi connectivity index (χ2v) is 6.67. The SMILES string of the molecule is O=C(CCCCc1ccc(I)cc1)NC1CCNCC1. The first kappa shape index (κ1) is 15.8. The van der Waals surface area contributed by atoms with Crippen molar-refractivity contribution in [2.24, 2.45) is 0 Å². The molecule has 0 unspecified atom stereocenters. The summed E-state index contributed by atoms with van der Waals surface area (Å²) in [6.45, 7) is 2.05. The third-order valence-electron chi connectivity index (χ3n) is 3.74. The number of halogens is 1. The van der Waals surface area contributed by atoms with Crippen LogP contribution in [0.3, 0.4) is 0 Å². The van der Waals surface area contributed by atoms with Gasteiger partial charge in [0.2, 0.25) is 5.91 Å². The van der Waals surface area contributed by atoms with Gasteiger partial charge in [0.25, 0.3) is 0 Å². The number of hydrogen-bond acceptors (Lipinski definition) is 2. The van der Waals surface area contributed by atoms with Crippen LogP contribution in [0.1, 0.15) is 37.7 Å². The molecule has 110 valence electrons. The molecule has 1 saturated heterocycles. The predicted octanol–water partition coefficient (Wildman–Crippen LogP) is 2.87. The van der Waals surface area contributed by atoms with Gasteiger partial charge in [-0.3, -0.25) is 4.79 Å². The van der Waals surface area contributed by atoms with Crippen LogP contribution < -0.4 is 10.6 Å². The van der Waals surface area contributed by atoms with Gasteiger partial charge in [-0.05, 0) is 85.5 Å². The standard InChI is InChI=1S/C16H23IN2O/c17-14-7-5-13(6-8-14)3-1-2-4-16(20)19-15-9-11-18-12-10-15/h5-8,15,18H,1-4,9-12H2,(H,19,20). The summed E-state index contributed by atoms with van der Waals surface area (Å²) >= 11 is 2.32. The summed E-state index contributed by atoms with van der Waals surface area (Å²) in [5, 5.41) is 6.46. The van der Waals surface area contributed by atoms with Gasteiger partial charge in [-0.1, -0.05) is 12.1 Å². The molecular weight excluding hydrogens is 363 g/mol. The highest BCUT2D eigenvalue weighted by Gasteiger charge is 2.14. The maximum atomic E-state index is 11.8. The van der Waals surface area contributed by atoms with E-state index in [1.807, 2.05) is 0 Å². The van der Waals surface area contributed by atoms with Gasteiger partial charge in [-0.2, -0.15) is 0 Å². The molecule has 4 heteroatoms. The minimum Gasteiger partial charge on any atom is -0.353 e. The lowest BCUT2D eigenvalue weighted by Crippen LogP contribution is -2.42. The fraction of sp³-hybridized carbons (Fsp3) is 0.562. The second kappa shape index (κ2) is 8.62. The van der Waals surface area contributed by atoms with E-state index in [4.69, 9.17) is 0 Å². The summed E-state index contributed by atoms with van der Waals surface area (Å²) < 4.78 is 1.27. The number of amides is 1. The van der Waals surface area contributed by atoms with Crippen LogP contribution in [0, 0.1) is 3.57 Å². The van der Waals surface area contributed by atoms with Crippen molar-refractivity contribution >= 4 is 28.5 Å². The van der Waals surface area contributed by atoms with Crippen LogP contribution in [0.15, 0.2) is 24.3 Å². The molecule has 0 bridgehead atoms. The Balaban J connectivity index is 1.58. The summed E-state index contributed by atoms with van der Waals surface area (Å²) in [6, 6.07) is 9.02. The Hall–Kier alpha value is -0.620. The number of carbonyl (C=O) groups excluding carboxylic acids is 1. The van der Waals surface area contributed by atoms with Gasteiger partial charge >= 0.3 is 0 Å². The van der Waals surface area contributed by atoms with Crippen molar-refractivity contribution in [1.82, 2.24) is 10.6 Å². The van der Waals surface area contributed by atoms with Crippen LogP contribution in [0.25, 0.3) is 0 Å². The number of unbranched alkanes of at least 4 members (excludes halogenated alkanes) is 1. The van der Waals surface area contributed by atoms with Gasteiger partial charge in [0.1, 0.15) is 0 Å². The number of benzene rings is 1. The molecule has 0 aromatic heterocycles. The van der Waals surface area contributed by atoms with Crippen LogP contribution in [-0.4, -0.2) is 25.0 Å². The normalized spacial score (nSPS) is 16.1. The Kier molecular flexibility index (Phi) is 6.79. The Bertz CT molecular complexity index is 413. The van der Waals surface area contributed by atoms with Crippen LogP contribution in [0.2, 0.25) is 0 Å². The van der Waals surface area contributed by atoms with E-state index in [0.717, 1.165) is 45.2 Å². The zero-order valence-corrected chi connectivity index (χ0v) is 14.0. The first-order valence-electron chi connectivity index (χ1n) is 7.48. The predicted molar refractivity (Wildman–Crippen MR) is 90.7 cm³/mol. The number of carbonyl (C=O) groups is 1. The minimum atomic E-state index is 0.222. The molecule has 2 N–H and O–H groups in total. The molecular formula is C16H23IN2O. The highest BCUT2D eigenvalue weighted by Crippen LogP contribution is 2.10. The molecule has 1 fully saturated rings. The molecule has 0 saturated carbocycles. The van der Waals surface area contributed by atoms with Gasteiger partial charge in [0, 0.05) is 16.0 Å². The lowest BCUT2D eigenvalue weighted by Gasteiger charge is -2.23.